The van der Waals surface area contributed by atoms with Crippen LogP contribution in [0.25, 0.3) is 10.1 Å². The molecule has 0 N–H and O–H groups in total. The molecule has 0 aromatic carbocycles. The van der Waals surface area contributed by atoms with Crippen molar-refractivity contribution in [2.24, 2.45) is 0 Å². The van der Waals surface area contributed by atoms with Crippen LogP contribution in [0.5, 0.6) is 0 Å². The topological polar surface area (TPSA) is 12.9 Å². The maximum Gasteiger partial charge on any atom is 0.139 e. The highest BCUT2D eigenvalue weighted by Crippen LogP contribution is 2.37. The summed E-state index contributed by atoms with van der Waals surface area (Å²) < 4.78 is 1.09. The van der Waals surface area contributed by atoms with Gasteiger partial charge in [0.2, 0.25) is 0 Å². The third-order valence-electron chi connectivity index (χ3n) is 1.66. The number of halogens is 2. The predicted octanol–water partition coefficient (Wildman–Crippen LogP) is 3.91. The molecule has 2 aromatic rings. The van der Waals surface area contributed by atoms with Crippen LogP contribution in [0.4, 0.5) is 0 Å². The van der Waals surface area contributed by atoms with Crippen LogP contribution < -0.4 is 0 Å². The Morgan fingerprint density at radius 2 is 2.17 bits per heavy atom. The zero-order valence-electron chi connectivity index (χ0n) is 6.27. The Kier molecular flexibility index (Phi) is 1.99. The highest BCUT2D eigenvalue weighted by atomic mass is 35.5. The van der Waals surface area contributed by atoms with Gasteiger partial charge in [0.15, 0.2) is 0 Å². The van der Waals surface area contributed by atoms with Crippen molar-refractivity contribution in [2.45, 2.75) is 6.92 Å². The standard InChI is InChI=1S/C8H5Cl2NS/c1-4-7(9)6-5(12-4)2-3-11-8(6)10/h2-3H,1H3. The summed E-state index contributed by atoms with van der Waals surface area (Å²) in [7, 11) is 0. The highest BCUT2D eigenvalue weighted by Gasteiger charge is 2.09. The molecule has 4 heteroatoms. The van der Waals surface area contributed by atoms with Gasteiger partial charge in [0.05, 0.1) is 5.02 Å². The maximum atomic E-state index is 6.03. The number of rotatable bonds is 0. The lowest BCUT2D eigenvalue weighted by molar-refractivity contribution is 1.37. The molecule has 2 heterocycles. The average molecular weight is 218 g/mol. The molecule has 0 atom stereocenters. The normalized spacial score (nSPS) is 10.9. The quantitative estimate of drug-likeness (QED) is 0.611. The summed E-state index contributed by atoms with van der Waals surface area (Å²) in [5.74, 6) is 0. The van der Waals surface area contributed by atoms with Gasteiger partial charge >= 0.3 is 0 Å². The van der Waals surface area contributed by atoms with Gasteiger partial charge < -0.3 is 0 Å². The molecule has 0 saturated carbocycles. The lowest BCUT2D eigenvalue weighted by Crippen LogP contribution is -1.73. The van der Waals surface area contributed by atoms with Crippen molar-refractivity contribution >= 4 is 44.6 Å². The summed E-state index contributed by atoms with van der Waals surface area (Å²) >= 11 is 13.6. The fraction of sp³-hybridized carbons (Fsp3) is 0.125. The van der Waals surface area contributed by atoms with E-state index in [4.69, 9.17) is 23.2 Å². The largest absolute Gasteiger partial charge is 0.244 e. The zero-order valence-corrected chi connectivity index (χ0v) is 8.59. The first-order valence-electron chi connectivity index (χ1n) is 3.39. The van der Waals surface area contributed by atoms with E-state index in [-0.39, 0.29) is 0 Å². The fourth-order valence-corrected chi connectivity index (χ4v) is 2.76. The molecule has 0 saturated heterocycles. The zero-order chi connectivity index (χ0) is 8.72. The number of hydrogen-bond acceptors (Lipinski definition) is 2. The number of pyridine rings is 1. The van der Waals surface area contributed by atoms with Crippen LogP contribution in [0.3, 0.4) is 0 Å². The Labute approximate surface area is 83.9 Å². The summed E-state index contributed by atoms with van der Waals surface area (Å²) in [6.07, 6.45) is 1.69. The lowest BCUT2D eigenvalue weighted by Gasteiger charge is -1.91. The molecule has 62 valence electrons. The van der Waals surface area contributed by atoms with Gasteiger partial charge in [-0.2, -0.15) is 0 Å². The second-order valence-corrected chi connectivity index (χ2v) is 4.44. The molecule has 1 nitrogen and oxygen atoms in total. The molecule has 0 unspecified atom stereocenters. The molecule has 0 aliphatic carbocycles. The third-order valence-corrected chi connectivity index (χ3v) is 3.60. The van der Waals surface area contributed by atoms with Crippen molar-refractivity contribution in [2.75, 3.05) is 0 Å². The molecular formula is C8H5Cl2NS. The number of aromatic nitrogens is 1. The monoisotopic (exact) mass is 217 g/mol. The molecule has 0 amide bonds. The fourth-order valence-electron chi connectivity index (χ4n) is 1.09. The molecule has 0 fully saturated rings. The average Bonchev–Trinajstić information content (AvgIpc) is 2.29. The summed E-state index contributed by atoms with van der Waals surface area (Å²) in [5, 5.41) is 2.10. The molecule has 12 heavy (non-hydrogen) atoms. The molecule has 2 rings (SSSR count). The number of hydrogen-bond donors (Lipinski definition) is 0. The van der Waals surface area contributed by atoms with E-state index in [9.17, 15) is 0 Å². The minimum absolute atomic E-state index is 0.488. The Balaban J connectivity index is 2.97. The Hall–Kier alpha value is -0.310. The molecule has 0 radical (unpaired) electrons. The van der Waals surface area contributed by atoms with Crippen molar-refractivity contribution in [3.05, 3.63) is 27.3 Å². The van der Waals surface area contributed by atoms with Crippen LogP contribution >= 0.6 is 34.5 Å². The summed E-state index contributed by atoms with van der Waals surface area (Å²) in [5.41, 5.74) is 0. The second kappa shape index (κ2) is 2.87. The van der Waals surface area contributed by atoms with Gasteiger partial charge in [0.1, 0.15) is 5.15 Å². The van der Waals surface area contributed by atoms with Crippen molar-refractivity contribution < 1.29 is 0 Å². The first-order valence-corrected chi connectivity index (χ1v) is 4.96. The summed E-state index contributed by atoms with van der Waals surface area (Å²) in [4.78, 5) is 5.05. The van der Waals surface area contributed by atoms with Crippen molar-refractivity contribution in [1.82, 2.24) is 4.98 Å². The van der Waals surface area contributed by atoms with Crippen LogP contribution in [0, 0.1) is 6.92 Å². The van der Waals surface area contributed by atoms with Crippen LogP contribution in [0.2, 0.25) is 10.2 Å². The SMILES string of the molecule is Cc1sc2ccnc(Cl)c2c1Cl. The third kappa shape index (κ3) is 1.11. The minimum Gasteiger partial charge on any atom is -0.244 e. The molecule has 2 aromatic heterocycles. The van der Waals surface area contributed by atoms with E-state index >= 15 is 0 Å². The Morgan fingerprint density at radius 3 is 2.83 bits per heavy atom. The van der Waals surface area contributed by atoms with Crippen LogP contribution in [-0.4, -0.2) is 4.98 Å². The molecular weight excluding hydrogens is 213 g/mol. The van der Waals surface area contributed by atoms with Crippen LogP contribution in [0.15, 0.2) is 12.3 Å². The predicted molar refractivity (Wildman–Crippen MR) is 54.4 cm³/mol. The minimum atomic E-state index is 0.488. The van der Waals surface area contributed by atoms with Crippen molar-refractivity contribution in [1.29, 1.82) is 0 Å². The molecule has 0 aliphatic heterocycles. The summed E-state index contributed by atoms with van der Waals surface area (Å²) in [6.45, 7) is 1.98. The van der Waals surface area contributed by atoms with E-state index in [1.807, 2.05) is 13.0 Å². The van der Waals surface area contributed by atoms with Crippen LogP contribution in [-0.2, 0) is 0 Å². The van der Waals surface area contributed by atoms with Gasteiger partial charge in [-0.25, -0.2) is 4.98 Å². The Bertz CT molecular complexity index is 436. The van der Waals surface area contributed by atoms with E-state index in [2.05, 4.69) is 4.98 Å². The molecule has 0 bridgehead atoms. The first-order chi connectivity index (χ1) is 5.70. The van der Waals surface area contributed by atoms with E-state index in [0.717, 1.165) is 20.0 Å². The van der Waals surface area contributed by atoms with Gasteiger partial charge in [0.25, 0.3) is 0 Å². The second-order valence-electron chi connectivity index (χ2n) is 2.45. The van der Waals surface area contributed by atoms with E-state index in [0.29, 0.717) is 5.15 Å². The number of aryl methyl sites for hydroxylation is 1. The van der Waals surface area contributed by atoms with E-state index in [1.54, 1.807) is 17.5 Å². The number of thiophene rings is 1. The maximum absolute atomic E-state index is 6.03. The van der Waals surface area contributed by atoms with Gasteiger partial charge in [-0.3, -0.25) is 0 Å². The number of nitrogens with zero attached hydrogens (tertiary/aromatic N) is 1. The lowest BCUT2D eigenvalue weighted by atomic mass is 10.3. The number of fused-ring (bicyclic) bond motifs is 1. The van der Waals surface area contributed by atoms with Gasteiger partial charge in [0, 0.05) is 21.2 Å². The highest BCUT2D eigenvalue weighted by molar-refractivity contribution is 7.19. The molecule has 0 aliphatic rings. The van der Waals surface area contributed by atoms with E-state index < -0.39 is 0 Å². The van der Waals surface area contributed by atoms with Gasteiger partial charge in [-0.1, -0.05) is 23.2 Å². The van der Waals surface area contributed by atoms with Crippen molar-refractivity contribution in [3.8, 4) is 0 Å². The smallest absolute Gasteiger partial charge is 0.139 e. The van der Waals surface area contributed by atoms with Crippen LogP contribution in [0.1, 0.15) is 4.88 Å². The van der Waals surface area contributed by atoms with E-state index in [1.165, 1.54) is 0 Å². The van der Waals surface area contributed by atoms with Gasteiger partial charge in [-0.05, 0) is 13.0 Å². The summed E-state index contributed by atoms with van der Waals surface area (Å²) in [6, 6.07) is 1.92. The Morgan fingerprint density at radius 1 is 1.42 bits per heavy atom. The van der Waals surface area contributed by atoms with Crippen molar-refractivity contribution in [3.63, 3.8) is 0 Å². The first kappa shape index (κ1) is 8.30. The van der Waals surface area contributed by atoms with Gasteiger partial charge in [-0.15, -0.1) is 11.3 Å². The molecule has 0 spiro atoms.